The SMILES string of the molecule is COc1nc2ncnc(N[C@H](C)c3cccc(C(F)(F)C4CN(C(C)C)C4)c3F)c2cc1C1(O)CCN(C(=O)CF)CC1. The molecule has 0 bridgehead atoms. The molecule has 2 fully saturated rings. The minimum Gasteiger partial charge on any atom is -0.481 e. The number of fused-ring (bicyclic) bond motifs is 1. The fraction of sp³-hybridized carbons (Fsp3) is 0.533. The van der Waals surface area contributed by atoms with Gasteiger partial charge < -0.3 is 20.1 Å². The van der Waals surface area contributed by atoms with Gasteiger partial charge >= 0.3 is 0 Å². The number of benzene rings is 1. The largest absolute Gasteiger partial charge is 0.481 e. The molecule has 2 N–H and O–H groups in total. The summed E-state index contributed by atoms with van der Waals surface area (Å²) < 4.78 is 64.8. The number of piperidine rings is 1. The zero-order chi connectivity index (χ0) is 31.1. The molecule has 2 aliphatic heterocycles. The van der Waals surface area contributed by atoms with Crippen LogP contribution in [0.25, 0.3) is 11.0 Å². The van der Waals surface area contributed by atoms with E-state index in [4.69, 9.17) is 4.74 Å². The number of aliphatic hydroxyl groups is 1. The second kappa shape index (κ2) is 11.8. The summed E-state index contributed by atoms with van der Waals surface area (Å²) in [7, 11) is 1.40. The quantitative estimate of drug-likeness (QED) is 0.343. The predicted octanol–water partition coefficient (Wildman–Crippen LogP) is 4.56. The van der Waals surface area contributed by atoms with Crippen molar-refractivity contribution in [3.8, 4) is 5.88 Å². The maximum atomic E-state index is 15.7. The Morgan fingerprint density at radius 2 is 1.91 bits per heavy atom. The highest BCUT2D eigenvalue weighted by atomic mass is 19.3. The van der Waals surface area contributed by atoms with Crippen molar-refractivity contribution in [1.82, 2.24) is 24.8 Å². The van der Waals surface area contributed by atoms with E-state index in [9.17, 15) is 14.3 Å². The van der Waals surface area contributed by atoms with Crippen molar-refractivity contribution in [2.45, 2.75) is 57.2 Å². The van der Waals surface area contributed by atoms with E-state index in [1.807, 2.05) is 18.7 Å². The topological polar surface area (TPSA) is 104 Å². The molecule has 232 valence electrons. The van der Waals surface area contributed by atoms with Crippen molar-refractivity contribution in [2.24, 2.45) is 5.92 Å². The second-order valence-corrected chi connectivity index (χ2v) is 11.6. The third kappa shape index (κ3) is 5.72. The van der Waals surface area contributed by atoms with Crippen molar-refractivity contribution < 1.29 is 32.2 Å². The molecule has 0 spiro atoms. The summed E-state index contributed by atoms with van der Waals surface area (Å²) in [4.78, 5) is 28.0. The van der Waals surface area contributed by atoms with E-state index in [2.05, 4.69) is 20.3 Å². The number of alkyl halides is 3. The van der Waals surface area contributed by atoms with E-state index in [-0.39, 0.29) is 68.0 Å². The van der Waals surface area contributed by atoms with Crippen LogP contribution in [0, 0.1) is 11.7 Å². The minimum absolute atomic E-state index is 0.0502. The first-order valence-corrected chi connectivity index (χ1v) is 14.3. The normalized spacial score (nSPS) is 18.5. The number of halogens is 4. The van der Waals surface area contributed by atoms with Crippen LogP contribution in [0.1, 0.15) is 56.3 Å². The van der Waals surface area contributed by atoms with Crippen LogP contribution in [0.2, 0.25) is 0 Å². The van der Waals surface area contributed by atoms with E-state index in [1.54, 1.807) is 13.0 Å². The van der Waals surface area contributed by atoms with E-state index < -0.39 is 47.4 Å². The van der Waals surface area contributed by atoms with Crippen molar-refractivity contribution in [1.29, 1.82) is 0 Å². The van der Waals surface area contributed by atoms with Crippen molar-refractivity contribution in [2.75, 3.05) is 45.3 Å². The first-order chi connectivity index (χ1) is 20.4. The van der Waals surface area contributed by atoms with Gasteiger partial charge in [-0.15, -0.1) is 0 Å². The van der Waals surface area contributed by atoms with Gasteiger partial charge in [-0.3, -0.25) is 9.69 Å². The molecule has 2 aliphatic rings. The number of likely N-dealkylation sites (tertiary alicyclic amines) is 2. The molecular weight excluding hydrogens is 568 g/mol. The van der Waals surface area contributed by atoms with Crippen LogP contribution in [-0.2, 0) is 16.3 Å². The van der Waals surface area contributed by atoms with Gasteiger partial charge in [-0.05, 0) is 39.7 Å². The number of nitrogens with zero attached hydrogens (tertiary/aromatic N) is 5. The molecule has 1 aromatic carbocycles. The van der Waals surface area contributed by atoms with Gasteiger partial charge in [0.15, 0.2) is 12.3 Å². The number of aromatic nitrogens is 3. The molecule has 0 unspecified atom stereocenters. The number of amides is 1. The fourth-order valence-corrected chi connectivity index (χ4v) is 5.86. The van der Waals surface area contributed by atoms with E-state index in [0.29, 0.717) is 10.9 Å². The molecule has 9 nitrogen and oxygen atoms in total. The van der Waals surface area contributed by atoms with Crippen LogP contribution in [-0.4, -0.2) is 81.8 Å². The molecule has 1 atom stereocenters. The molecule has 0 aliphatic carbocycles. The lowest BCUT2D eigenvalue weighted by Crippen LogP contribution is -2.56. The molecule has 1 amide bonds. The van der Waals surface area contributed by atoms with Gasteiger partial charge in [-0.1, -0.05) is 18.2 Å². The lowest BCUT2D eigenvalue weighted by Gasteiger charge is -2.45. The standard InChI is InChI=1S/C30H36F4N6O3/c1-17(2)40-14-19(15-40)30(33,34)22-7-5-6-20(25(22)32)18(3)37-26-21-12-23(28(43-4)38-27(21)36-16-35-26)29(42)8-10-39(11-9-29)24(41)13-31/h5-7,12,16-19,42H,8-11,13-15H2,1-4H3,(H,35,36,37,38)/t18-/m1/s1. The zero-order valence-electron chi connectivity index (χ0n) is 24.6. The number of ether oxygens (including phenoxy) is 1. The lowest BCUT2D eigenvalue weighted by molar-refractivity contribution is -0.136. The summed E-state index contributed by atoms with van der Waals surface area (Å²) in [6.07, 6.45) is 1.51. The molecule has 5 rings (SSSR count). The Morgan fingerprint density at radius 1 is 1.21 bits per heavy atom. The smallest absolute Gasteiger partial charge is 0.281 e. The first kappa shape index (κ1) is 30.9. The Kier molecular flexibility index (Phi) is 8.50. The molecular formula is C30H36F4N6O3. The molecule has 0 radical (unpaired) electrons. The molecule has 2 aromatic heterocycles. The maximum Gasteiger partial charge on any atom is 0.281 e. The van der Waals surface area contributed by atoms with E-state index in [0.717, 1.165) is 6.07 Å². The molecule has 3 aromatic rings. The van der Waals surface area contributed by atoms with Gasteiger partial charge in [-0.2, -0.15) is 4.98 Å². The number of methoxy groups -OCH3 is 1. The van der Waals surface area contributed by atoms with Gasteiger partial charge in [0.1, 0.15) is 18.0 Å². The molecule has 2 saturated heterocycles. The molecule has 13 heteroatoms. The number of nitrogens with one attached hydrogen (secondary N) is 1. The summed E-state index contributed by atoms with van der Waals surface area (Å²) in [5.41, 5.74) is -1.44. The van der Waals surface area contributed by atoms with Gasteiger partial charge in [-0.25, -0.2) is 27.5 Å². The molecule has 43 heavy (non-hydrogen) atoms. The third-order valence-corrected chi connectivity index (χ3v) is 8.70. The van der Waals surface area contributed by atoms with Gasteiger partial charge in [0, 0.05) is 43.3 Å². The van der Waals surface area contributed by atoms with Gasteiger partial charge in [0.05, 0.1) is 35.6 Å². The predicted molar refractivity (Wildman–Crippen MR) is 152 cm³/mol. The fourth-order valence-electron chi connectivity index (χ4n) is 5.86. The Balaban J connectivity index is 1.43. The Morgan fingerprint density at radius 3 is 2.53 bits per heavy atom. The van der Waals surface area contributed by atoms with Crippen molar-refractivity contribution in [3.05, 3.63) is 53.1 Å². The number of anilines is 1. The zero-order valence-corrected chi connectivity index (χ0v) is 24.6. The first-order valence-electron chi connectivity index (χ1n) is 14.3. The van der Waals surface area contributed by atoms with Gasteiger partial charge in [0.25, 0.3) is 11.8 Å². The summed E-state index contributed by atoms with van der Waals surface area (Å²) in [5, 5.41) is 15.1. The van der Waals surface area contributed by atoms with Crippen LogP contribution in [0.5, 0.6) is 5.88 Å². The van der Waals surface area contributed by atoms with E-state index in [1.165, 1.54) is 30.5 Å². The summed E-state index contributed by atoms with van der Waals surface area (Å²) in [5.74, 6) is -5.53. The monoisotopic (exact) mass is 604 g/mol. The van der Waals surface area contributed by atoms with Crippen LogP contribution >= 0.6 is 0 Å². The van der Waals surface area contributed by atoms with Crippen LogP contribution in [0.15, 0.2) is 30.6 Å². The highest BCUT2D eigenvalue weighted by molar-refractivity contribution is 5.87. The van der Waals surface area contributed by atoms with Gasteiger partial charge in [0.2, 0.25) is 5.88 Å². The van der Waals surface area contributed by atoms with Crippen LogP contribution in [0.3, 0.4) is 0 Å². The number of hydrogen-bond donors (Lipinski definition) is 2. The third-order valence-electron chi connectivity index (χ3n) is 8.70. The number of rotatable bonds is 9. The van der Waals surface area contributed by atoms with Crippen molar-refractivity contribution in [3.63, 3.8) is 0 Å². The second-order valence-electron chi connectivity index (χ2n) is 11.6. The maximum absolute atomic E-state index is 15.7. The summed E-state index contributed by atoms with van der Waals surface area (Å²) >= 11 is 0. The highest BCUT2D eigenvalue weighted by Crippen LogP contribution is 2.44. The lowest BCUT2D eigenvalue weighted by atomic mass is 9.84. The average Bonchev–Trinajstić information content (AvgIpc) is 2.95. The summed E-state index contributed by atoms with van der Waals surface area (Å²) in [6, 6.07) is 5.02. The number of carbonyl (C=O) groups excluding carboxylic acids is 1. The number of pyridine rings is 1. The average molecular weight is 605 g/mol. The van der Waals surface area contributed by atoms with Crippen LogP contribution < -0.4 is 10.1 Å². The van der Waals surface area contributed by atoms with Crippen LogP contribution in [0.4, 0.5) is 23.4 Å². The van der Waals surface area contributed by atoms with Crippen molar-refractivity contribution >= 4 is 22.8 Å². The number of hydrogen-bond acceptors (Lipinski definition) is 8. The van der Waals surface area contributed by atoms with E-state index >= 15 is 13.2 Å². The Bertz CT molecular complexity index is 1490. The highest BCUT2D eigenvalue weighted by Gasteiger charge is 2.50. The molecule has 0 saturated carbocycles. The number of carbonyl (C=O) groups is 1. The molecule has 4 heterocycles. The Hall–Kier alpha value is -3.58. The Labute approximate surface area is 247 Å². The minimum atomic E-state index is -3.33. The summed E-state index contributed by atoms with van der Waals surface area (Å²) in [6.45, 7) is 5.09.